The molecule has 0 radical (unpaired) electrons. The Balaban J connectivity index is 3.94. The Morgan fingerprint density at radius 2 is 1.94 bits per heavy atom. The Labute approximate surface area is 108 Å². The van der Waals surface area contributed by atoms with E-state index in [1.807, 2.05) is 6.92 Å². The molecule has 0 aromatic heterocycles. The van der Waals surface area contributed by atoms with Crippen molar-refractivity contribution in [3.05, 3.63) is 0 Å². The van der Waals surface area contributed by atoms with E-state index in [2.05, 4.69) is 5.32 Å². The average Bonchev–Trinajstić information content (AvgIpc) is 2.33. The van der Waals surface area contributed by atoms with Crippen LogP contribution in [0.2, 0.25) is 0 Å². The monoisotopic (exact) mass is 260 g/mol. The number of amides is 1. The third kappa shape index (κ3) is 8.03. The Kier molecular flexibility index (Phi) is 9.22. The van der Waals surface area contributed by atoms with Crippen LogP contribution in [0.15, 0.2) is 0 Å². The number of aliphatic hydroxyl groups is 1. The number of aliphatic carboxylic acids is 1. The molecule has 6 heteroatoms. The minimum atomic E-state index is -0.956. The summed E-state index contributed by atoms with van der Waals surface area (Å²) in [4.78, 5) is 21.9. The van der Waals surface area contributed by atoms with Crippen LogP contribution in [0.5, 0.6) is 0 Å². The zero-order chi connectivity index (χ0) is 14.0. The van der Waals surface area contributed by atoms with Crippen LogP contribution < -0.4 is 11.1 Å². The number of nitrogens with one attached hydrogen (secondary N) is 1. The average molecular weight is 260 g/mol. The van der Waals surface area contributed by atoms with Crippen LogP contribution in [0, 0.1) is 5.92 Å². The maximum Gasteiger partial charge on any atom is 0.303 e. The van der Waals surface area contributed by atoms with Crippen molar-refractivity contribution in [1.29, 1.82) is 0 Å². The summed E-state index contributed by atoms with van der Waals surface area (Å²) in [6.45, 7) is 2.63. The molecule has 0 aliphatic heterocycles. The molecule has 1 amide bonds. The largest absolute Gasteiger partial charge is 0.481 e. The first kappa shape index (κ1) is 16.9. The highest BCUT2D eigenvalue weighted by molar-refractivity contribution is 5.82. The first-order chi connectivity index (χ1) is 8.51. The van der Waals surface area contributed by atoms with Gasteiger partial charge >= 0.3 is 5.97 Å². The molecule has 0 fully saturated rings. The highest BCUT2D eigenvalue weighted by Crippen LogP contribution is 2.09. The summed E-state index contributed by atoms with van der Waals surface area (Å²) in [5.74, 6) is -1.03. The number of nitrogens with two attached hydrogens (primary N) is 1. The number of carbonyl (C=O) groups is 2. The van der Waals surface area contributed by atoms with Crippen LogP contribution in [-0.4, -0.2) is 41.3 Å². The molecule has 5 N–H and O–H groups in total. The first-order valence-electron chi connectivity index (χ1n) is 6.37. The van der Waals surface area contributed by atoms with Crippen molar-refractivity contribution in [3.63, 3.8) is 0 Å². The second kappa shape index (κ2) is 9.85. The molecule has 0 aromatic carbocycles. The van der Waals surface area contributed by atoms with Gasteiger partial charge in [0.05, 0.1) is 6.04 Å². The standard InChI is InChI=1S/C12H24N2O4/c1-2-3-9(6-7-15)8-14-12(18)10(13)4-5-11(16)17/h9-10,15H,2-8,13H2,1H3,(H,14,18)(H,16,17). The van der Waals surface area contributed by atoms with Crippen molar-refractivity contribution >= 4 is 11.9 Å². The van der Waals surface area contributed by atoms with Gasteiger partial charge in [0, 0.05) is 19.6 Å². The fourth-order valence-corrected chi connectivity index (χ4v) is 1.73. The van der Waals surface area contributed by atoms with Crippen molar-refractivity contribution in [2.45, 2.75) is 45.1 Å². The molecule has 18 heavy (non-hydrogen) atoms. The van der Waals surface area contributed by atoms with Gasteiger partial charge in [0.25, 0.3) is 0 Å². The predicted molar refractivity (Wildman–Crippen MR) is 68.0 cm³/mol. The highest BCUT2D eigenvalue weighted by atomic mass is 16.4. The molecule has 0 saturated carbocycles. The molecule has 0 saturated heterocycles. The summed E-state index contributed by atoms with van der Waals surface area (Å²) < 4.78 is 0. The van der Waals surface area contributed by atoms with Crippen LogP contribution in [0.4, 0.5) is 0 Å². The fourth-order valence-electron chi connectivity index (χ4n) is 1.73. The van der Waals surface area contributed by atoms with Crippen LogP contribution in [0.25, 0.3) is 0 Å². The number of aliphatic hydroxyl groups excluding tert-OH is 1. The Morgan fingerprint density at radius 1 is 1.28 bits per heavy atom. The van der Waals surface area contributed by atoms with Gasteiger partial charge in [-0.2, -0.15) is 0 Å². The van der Waals surface area contributed by atoms with Gasteiger partial charge in [-0.15, -0.1) is 0 Å². The third-order valence-electron chi connectivity index (χ3n) is 2.81. The molecule has 2 atom stereocenters. The van der Waals surface area contributed by atoms with E-state index in [4.69, 9.17) is 15.9 Å². The SMILES string of the molecule is CCCC(CCO)CNC(=O)C(N)CCC(=O)O. The number of carbonyl (C=O) groups excluding carboxylic acids is 1. The van der Waals surface area contributed by atoms with E-state index < -0.39 is 12.0 Å². The van der Waals surface area contributed by atoms with Gasteiger partial charge in [-0.3, -0.25) is 9.59 Å². The summed E-state index contributed by atoms with van der Waals surface area (Å²) in [5, 5.41) is 20.1. The van der Waals surface area contributed by atoms with Gasteiger partial charge < -0.3 is 21.3 Å². The summed E-state index contributed by atoms with van der Waals surface area (Å²) in [7, 11) is 0. The third-order valence-corrected chi connectivity index (χ3v) is 2.81. The number of rotatable bonds is 10. The molecule has 0 aliphatic rings. The lowest BCUT2D eigenvalue weighted by molar-refractivity contribution is -0.137. The van der Waals surface area contributed by atoms with Gasteiger partial charge in [-0.05, 0) is 25.2 Å². The van der Waals surface area contributed by atoms with Gasteiger partial charge in [-0.25, -0.2) is 0 Å². The quantitative estimate of drug-likeness (QED) is 0.445. The fraction of sp³-hybridized carbons (Fsp3) is 0.833. The van der Waals surface area contributed by atoms with Crippen molar-refractivity contribution < 1.29 is 19.8 Å². The van der Waals surface area contributed by atoms with E-state index in [9.17, 15) is 9.59 Å². The van der Waals surface area contributed by atoms with Crippen molar-refractivity contribution in [3.8, 4) is 0 Å². The van der Waals surface area contributed by atoms with E-state index in [1.165, 1.54) is 0 Å². The zero-order valence-electron chi connectivity index (χ0n) is 10.9. The summed E-state index contributed by atoms with van der Waals surface area (Å²) >= 11 is 0. The first-order valence-corrected chi connectivity index (χ1v) is 6.37. The van der Waals surface area contributed by atoms with Crippen LogP contribution in [-0.2, 0) is 9.59 Å². The zero-order valence-corrected chi connectivity index (χ0v) is 10.9. The van der Waals surface area contributed by atoms with E-state index in [1.54, 1.807) is 0 Å². The van der Waals surface area contributed by atoms with Gasteiger partial charge in [0.1, 0.15) is 0 Å². The lowest BCUT2D eigenvalue weighted by atomic mass is 10.00. The summed E-state index contributed by atoms with van der Waals surface area (Å²) in [5.41, 5.74) is 5.57. The molecule has 106 valence electrons. The number of hydrogen-bond donors (Lipinski definition) is 4. The van der Waals surface area contributed by atoms with Crippen molar-refractivity contribution in [2.75, 3.05) is 13.2 Å². The molecule has 0 rings (SSSR count). The van der Waals surface area contributed by atoms with E-state index in [0.29, 0.717) is 13.0 Å². The smallest absolute Gasteiger partial charge is 0.303 e. The second-order valence-electron chi connectivity index (χ2n) is 4.45. The number of hydrogen-bond acceptors (Lipinski definition) is 4. The number of carboxylic acid groups (broad SMARTS) is 1. The van der Waals surface area contributed by atoms with Crippen LogP contribution in [0.3, 0.4) is 0 Å². The summed E-state index contributed by atoms with van der Waals surface area (Å²) in [6.07, 6.45) is 2.61. The molecule has 0 spiro atoms. The molecule has 6 nitrogen and oxygen atoms in total. The molecule has 0 aromatic rings. The Bertz CT molecular complexity index is 252. The number of carboxylic acids is 1. The molecule has 0 bridgehead atoms. The van der Waals surface area contributed by atoms with Crippen molar-refractivity contribution in [2.24, 2.45) is 11.7 Å². The molecule has 0 heterocycles. The second-order valence-corrected chi connectivity index (χ2v) is 4.45. The van der Waals surface area contributed by atoms with Crippen molar-refractivity contribution in [1.82, 2.24) is 5.32 Å². The molecular formula is C12H24N2O4. The van der Waals surface area contributed by atoms with Crippen LogP contribution >= 0.6 is 0 Å². The lowest BCUT2D eigenvalue weighted by Crippen LogP contribution is -2.42. The van der Waals surface area contributed by atoms with Crippen LogP contribution in [0.1, 0.15) is 39.0 Å². The van der Waals surface area contributed by atoms with E-state index in [-0.39, 0.29) is 31.3 Å². The van der Waals surface area contributed by atoms with Gasteiger partial charge in [-0.1, -0.05) is 13.3 Å². The molecule has 2 unspecified atom stereocenters. The maximum atomic E-state index is 11.6. The topological polar surface area (TPSA) is 113 Å². The Morgan fingerprint density at radius 3 is 2.44 bits per heavy atom. The van der Waals surface area contributed by atoms with E-state index >= 15 is 0 Å². The Hall–Kier alpha value is -1.14. The molecule has 0 aliphatic carbocycles. The summed E-state index contributed by atoms with van der Waals surface area (Å²) in [6, 6.07) is -0.780. The molecular weight excluding hydrogens is 236 g/mol. The van der Waals surface area contributed by atoms with Gasteiger partial charge in [0.15, 0.2) is 0 Å². The van der Waals surface area contributed by atoms with E-state index in [0.717, 1.165) is 12.8 Å². The van der Waals surface area contributed by atoms with Gasteiger partial charge in [0.2, 0.25) is 5.91 Å². The minimum absolute atomic E-state index is 0.103. The maximum absolute atomic E-state index is 11.6. The lowest BCUT2D eigenvalue weighted by Gasteiger charge is -2.17. The highest BCUT2D eigenvalue weighted by Gasteiger charge is 2.16. The minimum Gasteiger partial charge on any atom is -0.481 e. The predicted octanol–water partition coefficient (Wildman–Crippen LogP) is 0.0934. The normalized spacial score (nSPS) is 13.9.